The first-order valence-electron chi connectivity index (χ1n) is 8.34. The van der Waals surface area contributed by atoms with Gasteiger partial charge in [-0.25, -0.2) is 15.0 Å². The smallest absolute Gasteiger partial charge is 0.147 e. The van der Waals surface area contributed by atoms with Gasteiger partial charge in [0, 0.05) is 37.4 Å². The average Bonchev–Trinajstić information content (AvgIpc) is 3.40. The van der Waals surface area contributed by atoms with Crippen LogP contribution in [0.2, 0.25) is 10.0 Å². The lowest BCUT2D eigenvalue weighted by molar-refractivity contribution is 0.525. The van der Waals surface area contributed by atoms with Crippen molar-refractivity contribution in [2.45, 2.75) is 37.6 Å². The Morgan fingerprint density at radius 1 is 1.17 bits per heavy atom. The number of hydrogen-bond acceptors (Lipinski definition) is 5. The highest BCUT2D eigenvalue weighted by Crippen LogP contribution is 2.38. The zero-order valence-electron chi connectivity index (χ0n) is 13.3. The third-order valence-electron chi connectivity index (χ3n) is 4.48. The molecule has 0 bridgehead atoms. The Morgan fingerprint density at radius 2 is 2.04 bits per heavy atom. The maximum absolute atomic E-state index is 6.30. The van der Waals surface area contributed by atoms with E-state index in [-0.39, 0.29) is 0 Å². The Hall–Kier alpha value is -1.59. The van der Waals surface area contributed by atoms with E-state index in [9.17, 15) is 0 Å². The minimum absolute atomic E-state index is 0.314. The lowest BCUT2D eigenvalue weighted by Gasteiger charge is -2.34. The van der Waals surface area contributed by atoms with Crippen LogP contribution in [0.1, 0.15) is 37.4 Å². The second-order valence-electron chi connectivity index (χ2n) is 6.46. The molecule has 1 aliphatic heterocycles. The standard InChI is InChI=1S/C17H19Cl2N5/c18-12-8-14(19)17(21-9-12)24-7-1-2-13(10-24)22-15-5-6-20-16(23-15)11-3-4-11/h5-6,8-9,11,13H,1-4,7,10H2,(H,20,22,23). The summed E-state index contributed by atoms with van der Waals surface area (Å²) in [6.45, 7) is 1.79. The summed E-state index contributed by atoms with van der Waals surface area (Å²) in [6.07, 6.45) is 8.10. The van der Waals surface area contributed by atoms with Crippen LogP contribution in [-0.2, 0) is 0 Å². The van der Waals surface area contributed by atoms with Crippen molar-refractivity contribution in [1.29, 1.82) is 0 Å². The first-order valence-corrected chi connectivity index (χ1v) is 9.10. The van der Waals surface area contributed by atoms with Gasteiger partial charge in [-0.15, -0.1) is 0 Å². The highest BCUT2D eigenvalue weighted by Gasteiger charge is 2.27. The van der Waals surface area contributed by atoms with E-state index in [0.29, 0.717) is 22.0 Å². The van der Waals surface area contributed by atoms with Crippen molar-refractivity contribution in [3.05, 3.63) is 40.4 Å². The maximum Gasteiger partial charge on any atom is 0.147 e. The minimum atomic E-state index is 0.314. The SMILES string of the molecule is Clc1cnc(N2CCCC(Nc3ccnc(C4CC4)n3)C2)c(Cl)c1. The van der Waals surface area contributed by atoms with Crippen LogP contribution < -0.4 is 10.2 Å². The van der Waals surface area contributed by atoms with Crippen LogP contribution in [-0.4, -0.2) is 34.1 Å². The molecule has 0 radical (unpaired) electrons. The molecule has 2 aromatic heterocycles. The summed E-state index contributed by atoms with van der Waals surface area (Å²) in [7, 11) is 0. The van der Waals surface area contributed by atoms with Crippen molar-refractivity contribution in [1.82, 2.24) is 15.0 Å². The molecule has 24 heavy (non-hydrogen) atoms. The fourth-order valence-corrected chi connectivity index (χ4v) is 3.63. The molecule has 0 spiro atoms. The van der Waals surface area contributed by atoms with Gasteiger partial charge in [0.25, 0.3) is 0 Å². The monoisotopic (exact) mass is 363 g/mol. The van der Waals surface area contributed by atoms with E-state index in [0.717, 1.165) is 43.4 Å². The summed E-state index contributed by atoms with van der Waals surface area (Å²) in [5.41, 5.74) is 0. The molecule has 0 aromatic carbocycles. The van der Waals surface area contributed by atoms with Crippen molar-refractivity contribution in [2.24, 2.45) is 0 Å². The van der Waals surface area contributed by atoms with Gasteiger partial charge < -0.3 is 10.2 Å². The molecule has 1 atom stereocenters. The molecule has 5 nitrogen and oxygen atoms in total. The van der Waals surface area contributed by atoms with Crippen molar-refractivity contribution >= 4 is 34.8 Å². The van der Waals surface area contributed by atoms with Gasteiger partial charge in [0.15, 0.2) is 0 Å². The normalized spacial score (nSPS) is 20.9. The second kappa shape index (κ2) is 6.73. The molecule has 2 fully saturated rings. The molecule has 7 heteroatoms. The van der Waals surface area contributed by atoms with Crippen LogP contribution in [0.15, 0.2) is 24.5 Å². The predicted octanol–water partition coefficient (Wildman–Crippen LogP) is 4.14. The van der Waals surface area contributed by atoms with E-state index in [2.05, 4.69) is 25.2 Å². The number of nitrogens with one attached hydrogen (secondary N) is 1. The predicted molar refractivity (Wildman–Crippen MR) is 97.1 cm³/mol. The van der Waals surface area contributed by atoms with Crippen LogP contribution in [0.4, 0.5) is 11.6 Å². The van der Waals surface area contributed by atoms with Crippen LogP contribution >= 0.6 is 23.2 Å². The van der Waals surface area contributed by atoms with Crippen LogP contribution in [0, 0.1) is 0 Å². The van der Waals surface area contributed by atoms with E-state index in [1.54, 1.807) is 12.3 Å². The molecular formula is C17H19Cl2N5. The first kappa shape index (κ1) is 15.9. The topological polar surface area (TPSA) is 53.9 Å². The lowest BCUT2D eigenvalue weighted by atomic mass is 10.1. The Kier molecular flexibility index (Phi) is 4.46. The van der Waals surface area contributed by atoms with Crippen LogP contribution in [0.3, 0.4) is 0 Å². The third kappa shape index (κ3) is 3.57. The van der Waals surface area contributed by atoms with Crippen LogP contribution in [0.25, 0.3) is 0 Å². The number of anilines is 2. The number of aromatic nitrogens is 3. The second-order valence-corrected chi connectivity index (χ2v) is 7.31. The summed E-state index contributed by atoms with van der Waals surface area (Å²) in [5.74, 6) is 3.24. The van der Waals surface area contributed by atoms with E-state index < -0.39 is 0 Å². The zero-order chi connectivity index (χ0) is 16.5. The van der Waals surface area contributed by atoms with Crippen molar-refractivity contribution in [3.63, 3.8) is 0 Å². The van der Waals surface area contributed by atoms with E-state index in [1.807, 2.05) is 12.3 Å². The van der Waals surface area contributed by atoms with Gasteiger partial charge in [0.1, 0.15) is 17.5 Å². The number of halogens is 2. The molecule has 4 rings (SSSR count). The molecule has 1 aliphatic carbocycles. The molecule has 1 N–H and O–H groups in total. The molecule has 3 heterocycles. The van der Waals surface area contributed by atoms with Gasteiger partial charge in [-0.2, -0.15) is 0 Å². The number of piperidine rings is 1. The highest BCUT2D eigenvalue weighted by atomic mass is 35.5. The number of nitrogens with zero attached hydrogens (tertiary/aromatic N) is 4. The third-order valence-corrected chi connectivity index (χ3v) is 4.96. The molecular weight excluding hydrogens is 345 g/mol. The van der Waals surface area contributed by atoms with Gasteiger partial charge in [-0.3, -0.25) is 0 Å². The maximum atomic E-state index is 6.30. The summed E-state index contributed by atoms with van der Waals surface area (Å²) in [4.78, 5) is 15.6. The molecule has 1 unspecified atom stereocenters. The summed E-state index contributed by atoms with van der Waals surface area (Å²) >= 11 is 12.2. The number of rotatable bonds is 4. The van der Waals surface area contributed by atoms with Gasteiger partial charge >= 0.3 is 0 Å². The Morgan fingerprint density at radius 3 is 2.83 bits per heavy atom. The fraction of sp³-hybridized carbons (Fsp3) is 0.471. The van der Waals surface area contributed by atoms with Crippen molar-refractivity contribution in [2.75, 3.05) is 23.3 Å². The van der Waals surface area contributed by atoms with Gasteiger partial charge in [-0.1, -0.05) is 23.2 Å². The number of hydrogen-bond donors (Lipinski definition) is 1. The molecule has 2 aromatic rings. The first-order chi connectivity index (χ1) is 11.7. The van der Waals surface area contributed by atoms with Gasteiger partial charge in [-0.05, 0) is 37.8 Å². The Labute approximate surface area is 151 Å². The summed E-state index contributed by atoms with van der Waals surface area (Å²) < 4.78 is 0. The molecule has 1 saturated carbocycles. The van der Waals surface area contributed by atoms with Gasteiger partial charge in [0.05, 0.1) is 10.0 Å². The van der Waals surface area contributed by atoms with Crippen molar-refractivity contribution in [3.8, 4) is 0 Å². The quantitative estimate of drug-likeness (QED) is 0.884. The largest absolute Gasteiger partial charge is 0.365 e. The zero-order valence-corrected chi connectivity index (χ0v) is 14.8. The molecule has 0 amide bonds. The Bertz CT molecular complexity index is 735. The highest BCUT2D eigenvalue weighted by molar-refractivity contribution is 6.36. The van der Waals surface area contributed by atoms with E-state index in [4.69, 9.17) is 23.2 Å². The molecule has 126 valence electrons. The van der Waals surface area contributed by atoms with E-state index >= 15 is 0 Å². The molecule has 2 aliphatic rings. The number of pyridine rings is 1. The minimum Gasteiger partial charge on any atom is -0.365 e. The lowest BCUT2D eigenvalue weighted by Crippen LogP contribution is -2.42. The van der Waals surface area contributed by atoms with Crippen LogP contribution in [0.5, 0.6) is 0 Å². The molecule has 1 saturated heterocycles. The van der Waals surface area contributed by atoms with Crippen molar-refractivity contribution < 1.29 is 0 Å². The Balaban J connectivity index is 1.45. The average molecular weight is 364 g/mol. The summed E-state index contributed by atoms with van der Waals surface area (Å²) in [5, 5.41) is 4.70. The van der Waals surface area contributed by atoms with E-state index in [1.165, 1.54) is 12.8 Å². The fourth-order valence-electron chi connectivity index (χ4n) is 3.13. The summed E-state index contributed by atoms with van der Waals surface area (Å²) in [6, 6.07) is 4.00. The van der Waals surface area contributed by atoms with Gasteiger partial charge in [0.2, 0.25) is 0 Å².